The maximum atomic E-state index is 5.43. The minimum absolute atomic E-state index is 0.686. The Morgan fingerprint density at radius 1 is 1.33 bits per heavy atom. The van der Waals surface area contributed by atoms with E-state index in [9.17, 15) is 0 Å². The lowest BCUT2D eigenvalue weighted by molar-refractivity contribution is 0.561. The Bertz CT molecular complexity index is 683. The van der Waals surface area contributed by atoms with Crippen molar-refractivity contribution in [1.29, 1.82) is 0 Å². The van der Waals surface area contributed by atoms with Gasteiger partial charge in [-0.05, 0) is 25.1 Å². The molecule has 0 saturated heterocycles. The standard InChI is InChI=1S/C13H14N4O/c1-8-14-6-11(16-8)7-15-10-3-4-13-12(5-10)17-9(2)18-13/h3-6,15H,7H2,1-2H3,(H,14,16). The number of rotatable bonds is 3. The third kappa shape index (κ3) is 2.07. The average Bonchev–Trinajstić information content (AvgIpc) is 2.90. The molecule has 0 spiro atoms. The van der Waals surface area contributed by atoms with Crippen LogP contribution in [0.25, 0.3) is 11.1 Å². The van der Waals surface area contributed by atoms with Gasteiger partial charge in [-0.2, -0.15) is 0 Å². The average molecular weight is 242 g/mol. The van der Waals surface area contributed by atoms with Crippen molar-refractivity contribution in [2.75, 3.05) is 5.32 Å². The molecule has 0 amide bonds. The molecule has 2 aromatic heterocycles. The Morgan fingerprint density at radius 2 is 2.22 bits per heavy atom. The van der Waals surface area contributed by atoms with E-state index in [0.29, 0.717) is 12.4 Å². The van der Waals surface area contributed by atoms with Gasteiger partial charge in [-0.25, -0.2) is 9.97 Å². The Labute approximate surface area is 104 Å². The molecule has 0 unspecified atom stereocenters. The number of anilines is 1. The van der Waals surface area contributed by atoms with E-state index >= 15 is 0 Å². The largest absolute Gasteiger partial charge is 0.441 e. The number of aromatic nitrogens is 3. The number of benzene rings is 1. The predicted octanol–water partition coefficient (Wildman–Crippen LogP) is 2.78. The molecule has 92 valence electrons. The zero-order chi connectivity index (χ0) is 12.5. The zero-order valence-electron chi connectivity index (χ0n) is 10.3. The van der Waals surface area contributed by atoms with Gasteiger partial charge in [0.2, 0.25) is 0 Å². The minimum atomic E-state index is 0.686. The normalized spacial score (nSPS) is 11.0. The molecule has 2 N–H and O–H groups in total. The third-order valence-electron chi connectivity index (χ3n) is 2.73. The van der Waals surface area contributed by atoms with Crippen molar-refractivity contribution in [3.05, 3.63) is 41.8 Å². The Morgan fingerprint density at radius 3 is 3.00 bits per heavy atom. The van der Waals surface area contributed by atoms with Crippen LogP contribution >= 0.6 is 0 Å². The number of aromatic amines is 1. The van der Waals surface area contributed by atoms with Gasteiger partial charge in [-0.3, -0.25) is 0 Å². The lowest BCUT2D eigenvalue weighted by atomic mass is 10.3. The van der Waals surface area contributed by atoms with Crippen LogP contribution in [0.1, 0.15) is 17.4 Å². The van der Waals surface area contributed by atoms with Crippen LogP contribution in [0, 0.1) is 13.8 Å². The maximum Gasteiger partial charge on any atom is 0.192 e. The van der Waals surface area contributed by atoms with Crippen molar-refractivity contribution in [2.45, 2.75) is 20.4 Å². The summed E-state index contributed by atoms with van der Waals surface area (Å²) in [5, 5.41) is 3.32. The van der Waals surface area contributed by atoms with E-state index in [-0.39, 0.29) is 0 Å². The highest BCUT2D eigenvalue weighted by atomic mass is 16.3. The van der Waals surface area contributed by atoms with Gasteiger partial charge in [0.15, 0.2) is 11.5 Å². The molecular formula is C13H14N4O. The number of fused-ring (bicyclic) bond motifs is 1. The van der Waals surface area contributed by atoms with E-state index in [0.717, 1.165) is 28.3 Å². The summed E-state index contributed by atoms with van der Waals surface area (Å²) in [5.74, 6) is 1.61. The van der Waals surface area contributed by atoms with Crippen LogP contribution < -0.4 is 5.32 Å². The molecule has 18 heavy (non-hydrogen) atoms. The first-order valence-electron chi connectivity index (χ1n) is 5.82. The van der Waals surface area contributed by atoms with Gasteiger partial charge in [0.05, 0.1) is 18.4 Å². The van der Waals surface area contributed by atoms with E-state index in [1.165, 1.54) is 0 Å². The van der Waals surface area contributed by atoms with Crippen molar-refractivity contribution in [2.24, 2.45) is 0 Å². The first-order chi connectivity index (χ1) is 8.70. The molecule has 0 atom stereocenters. The van der Waals surface area contributed by atoms with Crippen molar-refractivity contribution in [1.82, 2.24) is 15.0 Å². The van der Waals surface area contributed by atoms with Gasteiger partial charge in [-0.1, -0.05) is 0 Å². The molecule has 1 aromatic carbocycles. The predicted molar refractivity (Wildman–Crippen MR) is 69.4 cm³/mol. The first-order valence-corrected chi connectivity index (χ1v) is 5.82. The second-order valence-corrected chi connectivity index (χ2v) is 4.26. The smallest absolute Gasteiger partial charge is 0.192 e. The number of nitrogens with one attached hydrogen (secondary N) is 2. The van der Waals surface area contributed by atoms with Crippen LogP contribution in [0.2, 0.25) is 0 Å². The van der Waals surface area contributed by atoms with Crippen molar-refractivity contribution in [3.8, 4) is 0 Å². The summed E-state index contributed by atoms with van der Waals surface area (Å²) >= 11 is 0. The molecule has 0 aliphatic heterocycles. The van der Waals surface area contributed by atoms with Crippen molar-refractivity contribution < 1.29 is 4.42 Å². The summed E-state index contributed by atoms with van der Waals surface area (Å²) in [7, 11) is 0. The van der Waals surface area contributed by atoms with E-state index in [2.05, 4.69) is 20.3 Å². The quantitative estimate of drug-likeness (QED) is 0.741. The summed E-state index contributed by atoms with van der Waals surface area (Å²) in [4.78, 5) is 11.6. The lowest BCUT2D eigenvalue weighted by Crippen LogP contribution is -1.99. The monoisotopic (exact) mass is 242 g/mol. The highest BCUT2D eigenvalue weighted by Crippen LogP contribution is 2.19. The molecule has 3 rings (SSSR count). The molecule has 2 heterocycles. The van der Waals surface area contributed by atoms with Crippen LogP contribution in [-0.2, 0) is 6.54 Å². The number of oxazole rings is 1. The Balaban J connectivity index is 1.78. The molecule has 5 nitrogen and oxygen atoms in total. The molecule has 3 aromatic rings. The van der Waals surface area contributed by atoms with Gasteiger partial charge in [0.25, 0.3) is 0 Å². The van der Waals surface area contributed by atoms with E-state index in [4.69, 9.17) is 4.42 Å². The summed E-state index contributed by atoms with van der Waals surface area (Å²) in [6, 6.07) is 5.89. The molecule has 0 aliphatic rings. The fourth-order valence-corrected chi connectivity index (χ4v) is 1.91. The fourth-order valence-electron chi connectivity index (χ4n) is 1.91. The summed E-state index contributed by atoms with van der Waals surface area (Å²) in [6.07, 6.45) is 1.83. The highest BCUT2D eigenvalue weighted by Gasteiger charge is 2.03. The third-order valence-corrected chi connectivity index (χ3v) is 2.73. The summed E-state index contributed by atoms with van der Waals surface area (Å²) in [5.41, 5.74) is 3.76. The van der Waals surface area contributed by atoms with Gasteiger partial charge in [-0.15, -0.1) is 0 Å². The minimum Gasteiger partial charge on any atom is -0.441 e. The van der Waals surface area contributed by atoms with Crippen molar-refractivity contribution >= 4 is 16.8 Å². The Hall–Kier alpha value is -2.30. The number of hydrogen-bond donors (Lipinski definition) is 2. The first kappa shape index (κ1) is 10.8. The number of H-pyrrole nitrogens is 1. The van der Waals surface area contributed by atoms with Crippen LogP contribution in [0.4, 0.5) is 5.69 Å². The molecule has 0 radical (unpaired) electrons. The summed E-state index contributed by atoms with van der Waals surface area (Å²) < 4.78 is 5.43. The molecular weight excluding hydrogens is 228 g/mol. The highest BCUT2D eigenvalue weighted by molar-refractivity contribution is 5.77. The molecule has 0 aliphatic carbocycles. The van der Waals surface area contributed by atoms with Crippen LogP contribution in [0.15, 0.2) is 28.8 Å². The number of nitrogens with zero attached hydrogens (tertiary/aromatic N) is 2. The van der Waals surface area contributed by atoms with Gasteiger partial charge in [0, 0.05) is 12.6 Å². The van der Waals surface area contributed by atoms with E-state index in [1.807, 2.05) is 38.2 Å². The molecule has 5 heteroatoms. The molecule has 0 fully saturated rings. The maximum absolute atomic E-state index is 5.43. The number of aryl methyl sites for hydroxylation is 2. The number of hydrogen-bond acceptors (Lipinski definition) is 4. The van der Waals surface area contributed by atoms with E-state index < -0.39 is 0 Å². The van der Waals surface area contributed by atoms with Crippen LogP contribution in [0.3, 0.4) is 0 Å². The second kappa shape index (κ2) is 4.18. The van der Waals surface area contributed by atoms with E-state index in [1.54, 1.807) is 0 Å². The van der Waals surface area contributed by atoms with Crippen LogP contribution in [0.5, 0.6) is 0 Å². The zero-order valence-corrected chi connectivity index (χ0v) is 10.3. The second-order valence-electron chi connectivity index (χ2n) is 4.26. The Kier molecular flexibility index (Phi) is 2.51. The molecule has 0 saturated carbocycles. The van der Waals surface area contributed by atoms with Gasteiger partial charge < -0.3 is 14.7 Å². The van der Waals surface area contributed by atoms with Crippen LogP contribution in [-0.4, -0.2) is 15.0 Å². The SMILES string of the molecule is Cc1ncc(CNc2ccc3oc(C)nc3c2)[nH]1. The van der Waals surface area contributed by atoms with Crippen molar-refractivity contribution in [3.63, 3.8) is 0 Å². The topological polar surface area (TPSA) is 66.7 Å². The summed E-state index contributed by atoms with van der Waals surface area (Å²) in [6.45, 7) is 4.50. The lowest BCUT2D eigenvalue weighted by Gasteiger charge is -2.03. The number of imidazole rings is 1. The van der Waals surface area contributed by atoms with Gasteiger partial charge in [0.1, 0.15) is 11.3 Å². The fraction of sp³-hybridized carbons (Fsp3) is 0.231. The van der Waals surface area contributed by atoms with Gasteiger partial charge >= 0.3 is 0 Å². The molecule has 0 bridgehead atoms.